The molecule has 2 fully saturated rings. The summed E-state index contributed by atoms with van der Waals surface area (Å²) in [5, 5.41) is 0. The van der Waals surface area contributed by atoms with Gasteiger partial charge in [0.1, 0.15) is 0 Å². The highest BCUT2D eigenvalue weighted by atomic mass is 32.2. The Morgan fingerprint density at radius 2 is 1.74 bits per heavy atom. The van der Waals surface area contributed by atoms with Gasteiger partial charge in [-0.1, -0.05) is 0 Å². The Morgan fingerprint density at radius 1 is 1.17 bits per heavy atom. The highest BCUT2D eigenvalue weighted by molar-refractivity contribution is 7.90. The molecule has 2 N–H and O–H groups in total. The van der Waals surface area contributed by atoms with Crippen LogP contribution in [0.15, 0.2) is 4.99 Å². The number of sulfonamides is 1. The van der Waals surface area contributed by atoms with Gasteiger partial charge in [0.15, 0.2) is 5.96 Å². The van der Waals surface area contributed by atoms with Crippen molar-refractivity contribution < 1.29 is 26.3 Å². The zero-order valence-electron chi connectivity index (χ0n) is 12.6. The van der Waals surface area contributed by atoms with Crippen LogP contribution in [0.1, 0.15) is 12.8 Å². The molecule has 0 spiro atoms. The first-order valence-electron chi connectivity index (χ1n) is 7.41. The predicted octanol–water partition coefficient (Wildman–Crippen LogP) is 0.195. The van der Waals surface area contributed by atoms with Crippen LogP contribution in [0.4, 0.5) is 13.2 Å². The van der Waals surface area contributed by atoms with Gasteiger partial charge in [0.05, 0.1) is 13.2 Å². The number of morpholine rings is 1. The van der Waals surface area contributed by atoms with Gasteiger partial charge >= 0.3 is 15.5 Å². The van der Waals surface area contributed by atoms with Crippen LogP contribution in [0.25, 0.3) is 0 Å². The summed E-state index contributed by atoms with van der Waals surface area (Å²) in [5.74, 6) is 0.438. The lowest BCUT2D eigenvalue weighted by molar-refractivity contribution is -0.0496. The average molecular weight is 358 g/mol. The summed E-state index contributed by atoms with van der Waals surface area (Å²) in [6.07, 6.45) is 0.685. The van der Waals surface area contributed by atoms with E-state index in [4.69, 9.17) is 10.5 Å². The fourth-order valence-corrected chi connectivity index (χ4v) is 3.58. The molecule has 2 heterocycles. The summed E-state index contributed by atoms with van der Waals surface area (Å²) in [5.41, 5.74) is 0.647. The van der Waals surface area contributed by atoms with E-state index in [0.717, 1.165) is 0 Å². The summed E-state index contributed by atoms with van der Waals surface area (Å²) < 4.78 is 65.8. The Labute approximate surface area is 133 Å². The summed E-state index contributed by atoms with van der Waals surface area (Å²) in [6, 6.07) is 0. The smallest absolute Gasteiger partial charge is 0.378 e. The fraction of sp³-hybridized carbons (Fsp3) is 0.917. The molecule has 23 heavy (non-hydrogen) atoms. The molecule has 2 rings (SSSR count). The zero-order chi connectivity index (χ0) is 17.1. The molecule has 0 atom stereocenters. The van der Waals surface area contributed by atoms with Crippen molar-refractivity contribution in [2.24, 2.45) is 16.6 Å². The maximum absolute atomic E-state index is 12.5. The van der Waals surface area contributed by atoms with Crippen LogP contribution in [-0.2, 0) is 14.8 Å². The van der Waals surface area contributed by atoms with E-state index in [1.165, 1.54) is 0 Å². The highest BCUT2D eigenvalue weighted by Crippen LogP contribution is 2.30. The summed E-state index contributed by atoms with van der Waals surface area (Å²) in [6.45, 7) is 2.62. The molecule has 11 heteroatoms. The van der Waals surface area contributed by atoms with Crippen molar-refractivity contribution in [3.63, 3.8) is 0 Å². The molecular formula is C12H21F3N4O3S. The van der Waals surface area contributed by atoms with E-state index in [2.05, 4.69) is 4.99 Å². The second-order valence-electron chi connectivity index (χ2n) is 5.59. The van der Waals surface area contributed by atoms with E-state index < -0.39 is 15.5 Å². The van der Waals surface area contributed by atoms with Crippen LogP contribution in [-0.4, -0.2) is 75.0 Å². The number of hydrogen-bond donors (Lipinski definition) is 1. The van der Waals surface area contributed by atoms with E-state index >= 15 is 0 Å². The molecule has 0 aromatic rings. The number of rotatable bonds is 3. The van der Waals surface area contributed by atoms with Crippen LogP contribution >= 0.6 is 0 Å². The first kappa shape index (κ1) is 18.3. The van der Waals surface area contributed by atoms with E-state index in [0.29, 0.717) is 56.0 Å². The van der Waals surface area contributed by atoms with Gasteiger partial charge < -0.3 is 15.4 Å². The Hall–Kier alpha value is -1.07. The van der Waals surface area contributed by atoms with Crippen molar-refractivity contribution in [2.75, 3.05) is 45.9 Å². The average Bonchev–Trinajstić information content (AvgIpc) is 2.53. The van der Waals surface area contributed by atoms with Crippen LogP contribution in [0.3, 0.4) is 0 Å². The molecule has 0 bridgehead atoms. The topological polar surface area (TPSA) is 88.2 Å². The zero-order valence-corrected chi connectivity index (χ0v) is 13.4. The van der Waals surface area contributed by atoms with Gasteiger partial charge in [-0.2, -0.15) is 17.5 Å². The summed E-state index contributed by atoms with van der Waals surface area (Å²) in [7, 11) is -5.22. The first-order chi connectivity index (χ1) is 10.7. The quantitative estimate of drug-likeness (QED) is 0.575. The first-order valence-corrected chi connectivity index (χ1v) is 8.85. The van der Waals surface area contributed by atoms with Crippen molar-refractivity contribution in [1.29, 1.82) is 0 Å². The number of hydrogen-bond acceptors (Lipinski definition) is 4. The van der Waals surface area contributed by atoms with Crippen molar-refractivity contribution in [2.45, 2.75) is 18.3 Å². The minimum atomic E-state index is -5.24. The molecule has 0 amide bonds. The maximum Gasteiger partial charge on any atom is 0.511 e. The van der Waals surface area contributed by atoms with Crippen molar-refractivity contribution in [1.82, 2.24) is 9.21 Å². The third-order valence-electron chi connectivity index (χ3n) is 4.05. The molecule has 0 aromatic carbocycles. The van der Waals surface area contributed by atoms with E-state index in [9.17, 15) is 21.6 Å². The lowest BCUT2D eigenvalue weighted by Gasteiger charge is -2.31. The largest absolute Gasteiger partial charge is 0.511 e. The van der Waals surface area contributed by atoms with E-state index in [1.807, 2.05) is 4.90 Å². The molecule has 2 saturated heterocycles. The molecule has 0 unspecified atom stereocenters. The van der Waals surface area contributed by atoms with Gasteiger partial charge in [0.25, 0.3) is 0 Å². The number of ether oxygens (including phenoxy) is 1. The third-order valence-corrected chi connectivity index (χ3v) is 5.68. The highest BCUT2D eigenvalue weighted by Gasteiger charge is 2.50. The third kappa shape index (κ3) is 4.48. The Balaban J connectivity index is 1.83. The van der Waals surface area contributed by atoms with Crippen LogP contribution < -0.4 is 5.73 Å². The van der Waals surface area contributed by atoms with Gasteiger partial charge in [-0.3, -0.25) is 4.99 Å². The monoisotopic (exact) mass is 358 g/mol. The Morgan fingerprint density at radius 3 is 2.26 bits per heavy atom. The Kier molecular flexibility index (Phi) is 5.74. The number of aliphatic imine (C=N–C) groups is 1. The molecule has 0 aliphatic carbocycles. The lowest BCUT2D eigenvalue weighted by atomic mass is 9.98. The van der Waals surface area contributed by atoms with E-state index in [1.54, 1.807) is 0 Å². The number of nitrogens with zero attached hydrogens (tertiary/aromatic N) is 3. The molecule has 2 aliphatic heterocycles. The van der Waals surface area contributed by atoms with Gasteiger partial charge in [-0.15, -0.1) is 0 Å². The van der Waals surface area contributed by atoms with Crippen LogP contribution in [0.5, 0.6) is 0 Å². The Bertz CT molecular complexity index is 524. The van der Waals surface area contributed by atoms with Gasteiger partial charge in [0.2, 0.25) is 0 Å². The lowest BCUT2D eigenvalue weighted by Crippen LogP contribution is -2.46. The molecule has 0 aromatic heterocycles. The molecule has 134 valence electrons. The standard InChI is InChI=1S/C12H21F3N4O3S/c13-12(14,15)23(20,21)19-3-1-10(2-4-19)9-17-11(16)18-5-7-22-8-6-18/h10H,1-9H2,(H2,16,17). The second kappa shape index (κ2) is 7.22. The van der Waals surface area contributed by atoms with E-state index in [-0.39, 0.29) is 19.0 Å². The van der Waals surface area contributed by atoms with Crippen LogP contribution in [0, 0.1) is 5.92 Å². The minimum absolute atomic E-state index is 0.0364. The SMILES string of the molecule is NC(=NCC1CCN(S(=O)(=O)C(F)(F)F)CC1)N1CCOCC1. The number of alkyl halides is 3. The van der Waals surface area contributed by atoms with Crippen molar-refractivity contribution >= 4 is 16.0 Å². The van der Waals surface area contributed by atoms with Gasteiger partial charge in [-0.25, -0.2) is 8.42 Å². The minimum Gasteiger partial charge on any atom is -0.378 e. The maximum atomic E-state index is 12.5. The van der Waals surface area contributed by atoms with Gasteiger partial charge in [0, 0.05) is 32.7 Å². The second-order valence-corrected chi connectivity index (χ2v) is 7.52. The summed E-state index contributed by atoms with van der Waals surface area (Å²) in [4.78, 5) is 6.18. The molecule has 0 saturated carbocycles. The molecule has 2 aliphatic rings. The van der Waals surface area contributed by atoms with Crippen molar-refractivity contribution in [3.05, 3.63) is 0 Å². The number of guanidine groups is 1. The summed E-state index contributed by atoms with van der Waals surface area (Å²) >= 11 is 0. The molecule has 7 nitrogen and oxygen atoms in total. The number of halogens is 3. The fourth-order valence-electron chi connectivity index (χ4n) is 2.59. The number of nitrogens with two attached hydrogens (primary N) is 1. The van der Waals surface area contributed by atoms with Gasteiger partial charge in [-0.05, 0) is 18.8 Å². The molecular weight excluding hydrogens is 337 g/mol. The van der Waals surface area contributed by atoms with Crippen molar-refractivity contribution in [3.8, 4) is 0 Å². The normalized spacial score (nSPS) is 23.3. The van der Waals surface area contributed by atoms with Crippen LogP contribution in [0.2, 0.25) is 0 Å². The molecule has 0 radical (unpaired) electrons. The predicted molar refractivity (Wildman–Crippen MR) is 78.2 cm³/mol. The number of piperidine rings is 1.